The van der Waals surface area contributed by atoms with Gasteiger partial charge in [-0.2, -0.15) is 5.10 Å². The largest absolute Gasteiger partial charge is 0.357 e. The maximum atomic E-state index is 5.25. The van der Waals surface area contributed by atoms with Gasteiger partial charge in [-0.25, -0.2) is 0 Å². The molecule has 4 nitrogen and oxygen atoms in total. The molecule has 1 aromatic heterocycles. The number of nitrogens with one attached hydrogen (secondary N) is 2. The first-order valence-corrected chi connectivity index (χ1v) is 6.70. The van der Waals surface area contributed by atoms with Gasteiger partial charge in [0, 0.05) is 18.9 Å². The van der Waals surface area contributed by atoms with Crippen LogP contribution in [-0.2, 0) is 20.0 Å². The lowest BCUT2D eigenvalue weighted by Crippen LogP contribution is -2.28. The minimum atomic E-state index is 0.606. The monoisotopic (exact) mass is 274 g/mol. The molecule has 0 aliphatic carbocycles. The number of hydrogen-bond donors (Lipinski definition) is 2. The van der Waals surface area contributed by atoms with E-state index in [9.17, 15) is 0 Å². The summed E-state index contributed by atoms with van der Waals surface area (Å²) in [5.41, 5.74) is 3.28. The van der Waals surface area contributed by atoms with Crippen molar-refractivity contribution < 1.29 is 0 Å². The third-order valence-corrected chi connectivity index (χ3v) is 3.07. The number of aromatic nitrogens is 2. The van der Waals surface area contributed by atoms with Crippen LogP contribution in [0.1, 0.15) is 18.2 Å². The third-order valence-electron chi connectivity index (χ3n) is 2.82. The van der Waals surface area contributed by atoms with Crippen LogP contribution in [-0.4, -0.2) is 14.9 Å². The summed E-state index contributed by atoms with van der Waals surface area (Å²) in [5.74, 6) is 0. The van der Waals surface area contributed by atoms with Gasteiger partial charge < -0.3 is 10.6 Å². The van der Waals surface area contributed by atoms with E-state index >= 15 is 0 Å². The van der Waals surface area contributed by atoms with E-state index in [2.05, 4.69) is 34.8 Å². The van der Waals surface area contributed by atoms with E-state index in [0.717, 1.165) is 17.8 Å². The molecule has 0 spiro atoms. The lowest BCUT2D eigenvalue weighted by molar-refractivity contribution is 0.731. The molecule has 0 aliphatic heterocycles. The topological polar surface area (TPSA) is 41.9 Å². The highest BCUT2D eigenvalue weighted by Gasteiger charge is 2.00. The first kappa shape index (κ1) is 13.5. The quantitative estimate of drug-likeness (QED) is 0.841. The Morgan fingerprint density at radius 1 is 1.26 bits per heavy atom. The normalized spacial score (nSPS) is 10.2. The van der Waals surface area contributed by atoms with Crippen molar-refractivity contribution in [3.8, 4) is 0 Å². The fraction of sp³-hybridized carbons (Fsp3) is 0.286. The lowest BCUT2D eigenvalue weighted by atomic mass is 10.1. The third kappa shape index (κ3) is 4.06. The van der Waals surface area contributed by atoms with Gasteiger partial charge >= 0.3 is 0 Å². The van der Waals surface area contributed by atoms with Crippen LogP contribution in [0.4, 0.5) is 5.69 Å². The van der Waals surface area contributed by atoms with Crippen molar-refractivity contribution in [3.63, 3.8) is 0 Å². The zero-order chi connectivity index (χ0) is 13.7. The van der Waals surface area contributed by atoms with Crippen molar-refractivity contribution >= 4 is 23.0 Å². The van der Waals surface area contributed by atoms with Gasteiger partial charge in [0.05, 0.1) is 12.2 Å². The number of benzene rings is 1. The maximum absolute atomic E-state index is 5.25. The van der Waals surface area contributed by atoms with Gasteiger partial charge in [0.1, 0.15) is 0 Å². The number of anilines is 1. The van der Waals surface area contributed by atoms with Crippen LogP contribution in [0.25, 0.3) is 0 Å². The second-order valence-electron chi connectivity index (χ2n) is 4.34. The van der Waals surface area contributed by atoms with Crippen molar-refractivity contribution in [2.45, 2.75) is 19.9 Å². The molecule has 0 bridgehead atoms. The maximum Gasteiger partial charge on any atom is 0.171 e. The van der Waals surface area contributed by atoms with Gasteiger partial charge in [-0.05, 0) is 42.4 Å². The van der Waals surface area contributed by atoms with E-state index in [1.165, 1.54) is 5.56 Å². The predicted molar refractivity (Wildman–Crippen MR) is 82.1 cm³/mol. The highest BCUT2D eigenvalue weighted by Crippen LogP contribution is 2.09. The molecular weight excluding hydrogens is 256 g/mol. The summed E-state index contributed by atoms with van der Waals surface area (Å²) in [5, 5.41) is 11.2. The summed E-state index contributed by atoms with van der Waals surface area (Å²) in [4.78, 5) is 0. The molecule has 1 heterocycles. The Morgan fingerprint density at radius 3 is 2.58 bits per heavy atom. The SMILES string of the molecule is CCc1ccc(NC(=S)NCc2ccn(C)n2)cc1. The summed E-state index contributed by atoms with van der Waals surface area (Å²) >= 11 is 5.25. The zero-order valence-electron chi connectivity index (χ0n) is 11.2. The molecule has 0 unspecified atom stereocenters. The minimum absolute atomic E-state index is 0.606. The van der Waals surface area contributed by atoms with Crippen LogP contribution in [0.3, 0.4) is 0 Å². The van der Waals surface area contributed by atoms with Gasteiger partial charge in [-0.15, -0.1) is 0 Å². The van der Waals surface area contributed by atoms with Gasteiger partial charge in [0.25, 0.3) is 0 Å². The lowest BCUT2D eigenvalue weighted by Gasteiger charge is -2.09. The Hall–Kier alpha value is -1.88. The van der Waals surface area contributed by atoms with Crippen LogP contribution in [0.5, 0.6) is 0 Å². The minimum Gasteiger partial charge on any atom is -0.357 e. The van der Waals surface area contributed by atoms with Gasteiger partial charge in [-0.3, -0.25) is 4.68 Å². The number of aryl methyl sites for hydroxylation is 2. The summed E-state index contributed by atoms with van der Waals surface area (Å²) < 4.78 is 1.77. The van der Waals surface area contributed by atoms with E-state index < -0.39 is 0 Å². The van der Waals surface area contributed by atoms with E-state index in [4.69, 9.17) is 12.2 Å². The van der Waals surface area contributed by atoms with Gasteiger partial charge in [0.2, 0.25) is 0 Å². The summed E-state index contributed by atoms with van der Waals surface area (Å²) in [6.45, 7) is 2.77. The smallest absolute Gasteiger partial charge is 0.171 e. The van der Waals surface area contributed by atoms with E-state index in [-0.39, 0.29) is 0 Å². The average molecular weight is 274 g/mol. The van der Waals surface area contributed by atoms with Crippen molar-refractivity contribution in [1.29, 1.82) is 0 Å². The standard InChI is InChI=1S/C14H18N4S/c1-3-11-4-6-12(7-5-11)16-14(19)15-10-13-8-9-18(2)17-13/h4-9H,3,10H2,1-2H3,(H2,15,16,19). The summed E-state index contributed by atoms with van der Waals surface area (Å²) in [6, 6.07) is 10.2. The molecule has 1 aromatic carbocycles. The molecule has 5 heteroatoms. The van der Waals surface area contributed by atoms with Crippen molar-refractivity contribution in [2.75, 3.05) is 5.32 Å². The molecule has 0 amide bonds. The molecule has 100 valence electrons. The molecule has 2 N–H and O–H groups in total. The Kier molecular flexibility index (Phi) is 4.52. The first-order chi connectivity index (χ1) is 9.17. The second kappa shape index (κ2) is 6.33. The Balaban J connectivity index is 1.83. The molecule has 19 heavy (non-hydrogen) atoms. The van der Waals surface area contributed by atoms with Crippen LogP contribution in [0.2, 0.25) is 0 Å². The van der Waals surface area contributed by atoms with Gasteiger partial charge in [-0.1, -0.05) is 19.1 Å². The van der Waals surface area contributed by atoms with Crippen LogP contribution >= 0.6 is 12.2 Å². The molecular formula is C14H18N4S. The fourth-order valence-electron chi connectivity index (χ4n) is 1.73. The Labute approximate surface area is 118 Å². The Morgan fingerprint density at radius 2 is 2.00 bits per heavy atom. The Bertz CT molecular complexity index is 545. The first-order valence-electron chi connectivity index (χ1n) is 6.29. The van der Waals surface area contributed by atoms with Crippen molar-refractivity contribution in [1.82, 2.24) is 15.1 Å². The molecule has 2 rings (SSSR count). The second-order valence-corrected chi connectivity index (χ2v) is 4.75. The number of rotatable bonds is 4. The van der Waals surface area contributed by atoms with E-state index in [0.29, 0.717) is 11.7 Å². The fourth-order valence-corrected chi connectivity index (χ4v) is 1.92. The molecule has 0 radical (unpaired) electrons. The summed E-state index contributed by atoms with van der Waals surface area (Å²) in [6.07, 6.45) is 2.96. The molecule has 0 saturated carbocycles. The molecule has 2 aromatic rings. The zero-order valence-corrected chi connectivity index (χ0v) is 12.0. The highest BCUT2D eigenvalue weighted by molar-refractivity contribution is 7.80. The summed E-state index contributed by atoms with van der Waals surface area (Å²) in [7, 11) is 1.90. The molecule has 0 fully saturated rings. The molecule has 0 atom stereocenters. The predicted octanol–water partition coefficient (Wildman–Crippen LogP) is 2.47. The van der Waals surface area contributed by atoms with E-state index in [1.54, 1.807) is 4.68 Å². The number of hydrogen-bond acceptors (Lipinski definition) is 2. The van der Waals surface area contributed by atoms with Crippen molar-refractivity contribution in [3.05, 3.63) is 47.8 Å². The number of thiocarbonyl (C=S) groups is 1. The van der Waals surface area contributed by atoms with Gasteiger partial charge in [0.15, 0.2) is 5.11 Å². The van der Waals surface area contributed by atoms with Crippen LogP contribution < -0.4 is 10.6 Å². The van der Waals surface area contributed by atoms with E-state index in [1.807, 2.05) is 31.4 Å². The average Bonchev–Trinajstić information content (AvgIpc) is 2.83. The van der Waals surface area contributed by atoms with Crippen LogP contribution in [0, 0.1) is 0 Å². The number of nitrogens with zero attached hydrogens (tertiary/aromatic N) is 2. The molecule has 0 aliphatic rings. The molecule has 0 saturated heterocycles. The highest BCUT2D eigenvalue weighted by atomic mass is 32.1. The van der Waals surface area contributed by atoms with Crippen molar-refractivity contribution in [2.24, 2.45) is 7.05 Å². The van der Waals surface area contributed by atoms with Crippen LogP contribution in [0.15, 0.2) is 36.5 Å².